The molecule has 0 bridgehead atoms. The summed E-state index contributed by atoms with van der Waals surface area (Å²) in [4.78, 5) is 14.3. The van der Waals surface area contributed by atoms with Crippen molar-refractivity contribution in [3.63, 3.8) is 0 Å². The van der Waals surface area contributed by atoms with Gasteiger partial charge in [-0.3, -0.25) is 4.79 Å². The first-order valence-corrected chi connectivity index (χ1v) is 11.0. The maximum atomic E-state index is 12.3. The monoisotopic (exact) mass is 439 g/mol. The molecular weight excluding hydrogens is 410 g/mol. The lowest BCUT2D eigenvalue weighted by Gasteiger charge is -2.15. The van der Waals surface area contributed by atoms with Gasteiger partial charge in [0.15, 0.2) is 0 Å². The molecule has 1 atom stereocenters. The van der Waals surface area contributed by atoms with E-state index in [9.17, 15) is 9.90 Å². The molecule has 5 heteroatoms. The molecule has 0 amide bonds. The fourth-order valence-electron chi connectivity index (χ4n) is 4.00. The van der Waals surface area contributed by atoms with Crippen LogP contribution in [-0.2, 0) is 11.2 Å². The van der Waals surface area contributed by atoms with Crippen molar-refractivity contribution in [2.45, 2.75) is 26.2 Å². The third-order valence-corrected chi connectivity index (χ3v) is 5.88. The van der Waals surface area contributed by atoms with E-state index in [1.165, 1.54) is 0 Å². The lowest BCUT2D eigenvalue weighted by Crippen LogP contribution is -2.16. The minimum atomic E-state index is -0.839. The summed E-state index contributed by atoms with van der Waals surface area (Å²) in [5, 5.41) is 15.0. The fourth-order valence-corrected chi connectivity index (χ4v) is 4.00. The number of aryl methyl sites for hydroxylation is 2. The van der Waals surface area contributed by atoms with Crippen LogP contribution in [-0.4, -0.2) is 35.0 Å². The van der Waals surface area contributed by atoms with Crippen LogP contribution in [0.2, 0.25) is 0 Å². The quantitative estimate of drug-likeness (QED) is 0.405. The van der Waals surface area contributed by atoms with Crippen LogP contribution in [0.4, 0.5) is 5.69 Å². The second kappa shape index (κ2) is 9.33. The van der Waals surface area contributed by atoms with Crippen LogP contribution in [0, 0.1) is 13.8 Å². The Morgan fingerprint density at radius 3 is 2.33 bits per heavy atom. The van der Waals surface area contributed by atoms with E-state index in [-0.39, 0.29) is 0 Å². The molecule has 0 aliphatic heterocycles. The molecule has 0 saturated carbocycles. The minimum absolute atomic E-state index is 0.340. The molecule has 0 radical (unpaired) electrons. The minimum Gasteiger partial charge on any atom is -0.481 e. The fraction of sp³-hybridized carbons (Fsp3) is 0.214. The molecule has 33 heavy (non-hydrogen) atoms. The van der Waals surface area contributed by atoms with Gasteiger partial charge in [-0.15, -0.1) is 0 Å². The van der Waals surface area contributed by atoms with Crippen LogP contribution in [0.1, 0.15) is 28.3 Å². The molecule has 1 unspecified atom stereocenters. The van der Waals surface area contributed by atoms with E-state index in [1.54, 1.807) is 0 Å². The Bertz CT molecular complexity index is 1270. The van der Waals surface area contributed by atoms with Crippen molar-refractivity contribution in [1.82, 2.24) is 9.78 Å². The predicted octanol–water partition coefficient (Wildman–Crippen LogP) is 5.63. The zero-order valence-electron chi connectivity index (χ0n) is 19.5. The van der Waals surface area contributed by atoms with Gasteiger partial charge in [0, 0.05) is 37.5 Å². The molecule has 5 nitrogen and oxygen atoms in total. The SMILES string of the molecule is Cc1ccc(-n2nc(-c3cccc(N(C)C)c3)cc2CC(C(=O)O)c2cccc(C)c2)cc1. The molecular formula is C28H29N3O2. The number of carbonyl (C=O) groups is 1. The van der Waals surface area contributed by atoms with E-state index < -0.39 is 11.9 Å². The molecule has 0 aliphatic rings. The number of hydrogen-bond donors (Lipinski definition) is 1. The third-order valence-electron chi connectivity index (χ3n) is 5.88. The Morgan fingerprint density at radius 1 is 0.939 bits per heavy atom. The Balaban J connectivity index is 1.81. The van der Waals surface area contributed by atoms with Crippen molar-refractivity contribution in [3.05, 3.63) is 101 Å². The molecule has 4 aromatic rings. The highest BCUT2D eigenvalue weighted by atomic mass is 16.4. The average molecular weight is 440 g/mol. The summed E-state index contributed by atoms with van der Waals surface area (Å²) in [7, 11) is 4.02. The summed E-state index contributed by atoms with van der Waals surface area (Å²) in [5.41, 5.74) is 7.69. The van der Waals surface area contributed by atoms with E-state index in [0.717, 1.165) is 45.0 Å². The van der Waals surface area contributed by atoms with Gasteiger partial charge in [-0.1, -0.05) is 59.7 Å². The van der Waals surface area contributed by atoms with Gasteiger partial charge >= 0.3 is 5.97 Å². The van der Waals surface area contributed by atoms with Gasteiger partial charge in [0.2, 0.25) is 0 Å². The summed E-state index contributed by atoms with van der Waals surface area (Å²) in [6, 6.07) is 26.1. The van der Waals surface area contributed by atoms with Gasteiger partial charge < -0.3 is 10.0 Å². The average Bonchev–Trinajstić information content (AvgIpc) is 3.22. The van der Waals surface area contributed by atoms with Crippen LogP contribution in [0.3, 0.4) is 0 Å². The Labute approximate surface area is 194 Å². The number of nitrogens with zero attached hydrogens (tertiary/aromatic N) is 3. The topological polar surface area (TPSA) is 58.4 Å². The van der Waals surface area contributed by atoms with Gasteiger partial charge in [0.05, 0.1) is 17.3 Å². The number of aromatic nitrogens is 2. The van der Waals surface area contributed by atoms with E-state index in [0.29, 0.717) is 6.42 Å². The van der Waals surface area contributed by atoms with Crippen molar-refractivity contribution in [1.29, 1.82) is 0 Å². The van der Waals surface area contributed by atoms with Gasteiger partial charge in [-0.05, 0) is 49.7 Å². The van der Waals surface area contributed by atoms with Crippen LogP contribution in [0.5, 0.6) is 0 Å². The smallest absolute Gasteiger partial charge is 0.311 e. The van der Waals surface area contributed by atoms with E-state index >= 15 is 0 Å². The predicted molar refractivity (Wildman–Crippen MR) is 133 cm³/mol. The summed E-state index contributed by atoms with van der Waals surface area (Å²) in [5.74, 6) is -1.50. The normalized spacial score (nSPS) is 11.9. The summed E-state index contributed by atoms with van der Waals surface area (Å²) in [6.45, 7) is 4.03. The van der Waals surface area contributed by atoms with Gasteiger partial charge in [0.1, 0.15) is 0 Å². The highest BCUT2D eigenvalue weighted by molar-refractivity contribution is 5.77. The number of carboxylic acid groups (broad SMARTS) is 1. The maximum absolute atomic E-state index is 12.3. The van der Waals surface area contributed by atoms with Gasteiger partial charge in [-0.2, -0.15) is 5.10 Å². The lowest BCUT2D eigenvalue weighted by molar-refractivity contribution is -0.138. The Kier molecular flexibility index (Phi) is 6.31. The Hall–Kier alpha value is -3.86. The second-order valence-electron chi connectivity index (χ2n) is 8.72. The zero-order chi connectivity index (χ0) is 23.5. The number of benzene rings is 3. The standard InChI is InChI=1S/C28H29N3O2/c1-19-11-13-23(14-12-19)31-25(17-26(28(32)33)21-8-5-7-20(2)15-21)18-27(29-31)22-9-6-10-24(16-22)30(3)4/h5-16,18,26H,17H2,1-4H3,(H,32,33). The first-order valence-electron chi connectivity index (χ1n) is 11.0. The van der Waals surface area contributed by atoms with Crippen LogP contribution < -0.4 is 4.90 Å². The van der Waals surface area contributed by atoms with Gasteiger partial charge in [0.25, 0.3) is 0 Å². The van der Waals surface area contributed by atoms with Crippen LogP contribution >= 0.6 is 0 Å². The van der Waals surface area contributed by atoms with E-state index in [4.69, 9.17) is 5.10 Å². The molecule has 0 aliphatic carbocycles. The van der Waals surface area contributed by atoms with E-state index in [1.807, 2.05) is 99.4 Å². The largest absolute Gasteiger partial charge is 0.481 e. The zero-order valence-corrected chi connectivity index (χ0v) is 19.5. The van der Waals surface area contributed by atoms with E-state index in [2.05, 4.69) is 17.0 Å². The Morgan fingerprint density at radius 2 is 1.67 bits per heavy atom. The van der Waals surface area contributed by atoms with Crippen molar-refractivity contribution in [3.8, 4) is 16.9 Å². The molecule has 0 spiro atoms. The molecule has 1 N–H and O–H groups in total. The molecule has 168 valence electrons. The summed E-state index contributed by atoms with van der Waals surface area (Å²) in [6.07, 6.45) is 0.340. The lowest BCUT2D eigenvalue weighted by atomic mass is 9.93. The van der Waals surface area contributed by atoms with Gasteiger partial charge in [-0.25, -0.2) is 4.68 Å². The highest BCUT2D eigenvalue weighted by Gasteiger charge is 2.24. The van der Waals surface area contributed by atoms with Crippen molar-refractivity contribution in [2.24, 2.45) is 0 Å². The van der Waals surface area contributed by atoms with Crippen LogP contribution in [0.25, 0.3) is 16.9 Å². The summed E-state index contributed by atoms with van der Waals surface area (Å²) < 4.78 is 1.88. The molecule has 4 rings (SSSR count). The molecule has 0 saturated heterocycles. The summed E-state index contributed by atoms with van der Waals surface area (Å²) >= 11 is 0. The first-order chi connectivity index (χ1) is 15.8. The van der Waals surface area contributed by atoms with Crippen molar-refractivity contribution < 1.29 is 9.90 Å². The van der Waals surface area contributed by atoms with Crippen molar-refractivity contribution in [2.75, 3.05) is 19.0 Å². The van der Waals surface area contributed by atoms with Crippen molar-refractivity contribution >= 4 is 11.7 Å². The second-order valence-corrected chi connectivity index (χ2v) is 8.72. The number of hydrogen-bond acceptors (Lipinski definition) is 3. The number of aliphatic carboxylic acids is 1. The number of rotatable bonds is 7. The van der Waals surface area contributed by atoms with Crippen LogP contribution in [0.15, 0.2) is 78.9 Å². The maximum Gasteiger partial charge on any atom is 0.311 e. The number of carboxylic acids is 1. The molecule has 0 fully saturated rings. The molecule has 3 aromatic carbocycles. The molecule has 1 heterocycles. The highest BCUT2D eigenvalue weighted by Crippen LogP contribution is 2.29. The third kappa shape index (κ3) is 4.98. The first kappa shape index (κ1) is 22.3. The number of anilines is 1. The molecule has 1 aromatic heterocycles.